The predicted molar refractivity (Wildman–Crippen MR) is 84.1 cm³/mol. The third kappa shape index (κ3) is 2.85. The van der Waals surface area contributed by atoms with Gasteiger partial charge in [0.2, 0.25) is 0 Å². The zero-order valence-electron chi connectivity index (χ0n) is 11.3. The lowest BCUT2D eigenvalue weighted by Crippen LogP contribution is -2.06. The van der Waals surface area contributed by atoms with Crippen LogP contribution in [0.2, 0.25) is 0 Å². The molecule has 1 atom stereocenters. The molecule has 6 heteroatoms. The first-order chi connectivity index (χ1) is 10.1. The fourth-order valence-corrected chi connectivity index (χ4v) is 2.85. The molecular formula is C15H13BrClFN2O. The van der Waals surface area contributed by atoms with Crippen LogP contribution in [0.5, 0.6) is 0 Å². The molecule has 3 rings (SSSR count). The maximum atomic E-state index is 13.7. The van der Waals surface area contributed by atoms with E-state index in [9.17, 15) is 4.39 Å². The molecule has 0 bridgehead atoms. The van der Waals surface area contributed by atoms with E-state index in [2.05, 4.69) is 20.9 Å². The maximum Gasteiger partial charge on any atom is 0.139 e. The number of benzene rings is 1. The predicted octanol–water partition coefficient (Wildman–Crippen LogP) is 5.07. The van der Waals surface area contributed by atoms with Gasteiger partial charge in [-0.3, -0.25) is 0 Å². The molecule has 1 unspecified atom stereocenters. The van der Waals surface area contributed by atoms with Gasteiger partial charge in [0, 0.05) is 19.0 Å². The number of halogens is 3. The van der Waals surface area contributed by atoms with Gasteiger partial charge in [0.05, 0.1) is 27.1 Å². The van der Waals surface area contributed by atoms with Crippen molar-refractivity contribution >= 4 is 38.6 Å². The zero-order valence-corrected chi connectivity index (χ0v) is 13.7. The van der Waals surface area contributed by atoms with Gasteiger partial charge in [-0.15, -0.1) is 11.6 Å². The number of rotatable bonds is 4. The van der Waals surface area contributed by atoms with Gasteiger partial charge in [-0.1, -0.05) is 0 Å². The van der Waals surface area contributed by atoms with Crippen LogP contribution in [0.15, 0.2) is 39.4 Å². The van der Waals surface area contributed by atoms with Crippen LogP contribution in [-0.4, -0.2) is 9.55 Å². The molecule has 0 aliphatic carbocycles. The second-order valence-corrected chi connectivity index (χ2v) is 6.33. The fourth-order valence-electron chi connectivity index (χ4n) is 2.35. The second-order valence-electron chi connectivity index (χ2n) is 4.82. The number of imidazole rings is 1. The van der Waals surface area contributed by atoms with E-state index < -0.39 is 0 Å². The molecule has 2 heterocycles. The molecule has 110 valence electrons. The van der Waals surface area contributed by atoms with Crippen molar-refractivity contribution in [3.05, 3.63) is 52.4 Å². The fraction of sp³-hybridized carbons (Fsp3) is 0.267. The summed E-state index contributed by atoms with van der Waals surface area (Å²) in [5, 5.41) is -0.254. The molecule has 1 aromatic carbocycles. The summed E-state index contributed by atoms with van der Waals surface area (Å²) >= 11 is 9.43. The minimum Gasteiger partial charge on any atom is -0.469 e. The van der Waals surface area contributed by atoms with E-state index in [0.29, 0.717) is 16.5 Å². The van der Waals surface area contributed by atoms with Crippen molar-refractivity contribution in [3.8, 4) is 0 Å². The van der Waals surface area contributed by atoms with E-state index in [0.717, 1.165) is 23.5 Å². The smallest absolute Gasteiger partial charge is 0.139 e. The molecule has 0 spiro atoms. The highest BCUT2D eigenvalue weighted by Gasteiger charge is 2.17. The summed E-state index contributed by atoms with van der Waals surface area (Å²) in [6, 6.07) is 6.95. The Balaban J connectivity index is 2.04. The monoisotopic (exact) mass is 370 g/mol. The summed E-state index contributed by atoms with van der Waals surface area (Å²) < 4.78 is 21.4. The average Bonchev–Trinajstić information content (AvgIpc) is 3.05. The van der Waals surface area contributed by atoms with Gasteiger partial charge in [0.1, 0.15) is 17.4 Å². The first kappa shape index (κ1) is 14.6. The normalized spacial score (nSPS) is 13.0. The summed E-state index contributed by atoms with van der Waals surface area (Å²) in [6.45, 7) is 2.53. The standard InChI is InChI=1S/C15H13BrClFN2O/c1-9(17)15-19-13-8-12(18)11(16)7-14(13)20(15)5-4-10-3-2-6-21-10/h2-3,6-9H,4-5H2,1H3. The van der Waals surface area contributed by atoms with Gasteiger partial charge >= 0.3 is 0 Å². The Bertz CT molecular complexity index is 768. The highest BCUT2D eigenvalue weighted by atomic mass is 79.9. The van der Waals surface area contributed by atoms with Crippen molar-refractivity contribution in [2.45, 2.75) is 25.3 Å². The molecule has 3 aromatic rings. The topological polar surface area (TPSA) is 31.0 Å². The van der Waals surface area contributed by atoms with Gasteiger partial charge in [0.15, 0.2) is 0 Å². The molecule has 0 saturated heterocycles. The summed E-state index contributed by atoms with van der Waals surface area (Å²) in [7, 11) is 0. The molecule has 21 heavy (non-hydrogen) atoms. The Morgan fingerprint density at radius 1 is 1.48 bits per heavy atom. The van der Waals surface area contributed by atoms with Crippen LogP contribution in [0.1, 0.15) is 23.9 Å². The summed E-state index contributed by atoms with van der Waals surface area (Å²) in [4.78, 5) is 4.45. The average molecular weight is 372 g/mol. The third-order valence-electron chi connectivity index (χ3n) is 3.34. The first-order valence-corrected chi connectivity index (χ1v) is 7.81. The molecule has 0 amide bonds. The van der Waals surface area contributed by atoms with E-state index in [1.807, 2.05) is 23.6 Å². The zero-order chi connectivity index (χ0) is 15.0. The van der Waals surface area contributed by atoms with Crippen molar-refractivity contribution in [2.24, 2.45) is 0 Å². The van der Waals surface area contributed by atoms with Crippen molar-refractivity contribution in [3.63, 3.8) is 0 Å². The lowest BCUT2D eigenvalue weighted by atomic mass is 10.3. The Morgan fingerprint density at radius 2 is 2.29 bits per heavy atom. The van der Waals surface area contributed by atoms with Crippen molar-refractivity contribution in [1.29, 1.82) is 0 Å². The number of furan rings is 1. The van der Waals surface area contributed by atoms with Crippen LogP contribution in [-0.2, 0) is 13.0 Å². The highest BCUT2D eigenvalue weighted by Crippen LogP contribution is 2.28. The van der Waals surface area contributed by atoms with Crippen LogP contribution in [0.3, 0.4) is 0 Å². The Hall–Kier alpha value is -1.33. The van der Waals surface area contributed by atoms with Gasteiger partial charge in [-0.25, -0.2) is 9.37 Å². The molecule has 0 N–H and O–H groups in total. The lowest BCUT2D eigenvalue weighted by Gasteiger charge is -2.09. The van der Waals surface area contributed by atoms with Gasteiger partial charge < -0.3 is 8.98 Å². The van der Waals surface area contributed by atoms with Crippen molar-refractivity contribution in [2.75, 3.05) is 0 Å². The Labute approximate surface area is 134 Å². The summed E-state index contributed by atoms with van der Waals surface area (Å²) in [5.41, 5.74) is 1.47. The molecule has 0 aliphatic rings. The number of aryl methyl sites for hydroxylation is 2. The molecule has 0 fully saturated rings. The van der Waals surface area contributed by atoms with E-state index in [4.69, 9.17) is 16.0 Å². The maximum absolute atomic E-state index is 13.7. The SMILES string of the molecule is CC(Cl)c1nc2cc(F)c(Br)cc2n1CCc1ccco1. The molecule has 0 saturated carbocycles. The minimum atomic E-state index is -0.327. The van der Waals surface area contributed by atoms with Crippen molar-refractivity contribution in [1.82, 2.24) is 9.55 Å². The van der Waals surface area contributed by atoms with E-state index in [1.165, 1.54) is 6.07 Å². The summed E-state index contributed by atoms with van der Waals surface area (Å²) in [6.07, 6.45) is 2.38. The van der Waals surface area contributed by atoms with Gasteiger partial charge in [-0.05, 0) is 41.1 Å². The van der Waals surface area contributed by atoms with Gasteiger partial charge in [-0.2, -0.15) is 0 Å². The van der Waals surface area contributed by atoms with E-state index >= 15 is 0 Å². The van der Waals surface area contributed by atoms with Crippen molar-refractivity contribution < 1.29 is 8.81 Å². The molecule has 2 aromatic heterocycles. The van der Waals surface area contributed by atoms with Crippen LogP contribution >= 0.6 is 27.5 Å². The van der Waals surface area contributed by atoms with E-state index in [1.54, 1.807) is 12.3 Å². The third-order valence-corrected chi connectivity index (χ3v) is 4.14. The number of aromatic nitrogens is 2. The second kappa shape index (κ2) is 5.81. The Morgan fingerprint density at radius 3 is 2.95 bits per heavy atom. The number of hydrogen-bond donors (Lipinski definition) is 0. The van der Waals surface area contributed by atoms with Gasteiger partial charge in [0.25, 0.3) is 0 Å². The number of hydrogen-bond acceptors (Lipinski definition) is 2. The lowest BCUT2D eigenvalue weighted by molar-refractivity contribution is 0.490. The minimum absolute atomic E-state index is 0.254. The number of alkyl halides is 1. The largest absolute Gasteiger partial charge is 0.469 e. The number of nitrogens with zero attached hydrogens (tertiary/aromatic N) is 2. The summed E-state index contributed by atoms with van der Waals surface area (Å²) in [5.74, 6) is 1.30. The van der Waals surface area contributed by atoms with E-state index in [-0.39, 0.29) is 11.2 Å². The molecule has 0 aliphatic heterocycles. The van der Waals surface area contributed by atoms with Crippen LogP contribution in [0.4, 0.5) is 4.39 Å². The quantitative estimate of drug-likeness (QED) is 0.599. The Kier molecular flexibility index (Phi) is 4.04. The first-order valence-electron chi connectivity index (χ1n) is 6.58. The molecule has 0 radical (unpaired) electrons. The van der Waals surface area contributed by atoms with Crippen LogP contribution in [0.25, 0.3) is 11.0 Å². The van der Waals surface area contributed by atoms with Crippen LogP contribution in [0, 0.1) is 5.82 Å². The number of fused-ring (bicyclic) bond motifs is 1. The van der Waals surface area contributed by atoms with Crippen LogP contribution < -0.4 is 0 Å². The molecular weight excluding hydrogens is 359 g/mol. The molecule has 3 nitrogen and oxygen atoms in total. The highest BCUT2D eigenvalue weighted by molar-refractivity contribution is 9.10.